The van der Waals surface area contributed by atoms with Crippen molar-refractivity contribution in [3.05, 3.63) is 45.1 Å². The molecule has 1 aromatic heterocycles. The predicted molar refractivity (Wildman–Crippen MR) is 74.3 cm³/mol. The van der Waals surface area contributed by atoms with E-state index in [0.29, 0.717) is 10.8 Å². The topological polar surface area (TPSA) is 25.8 Å². The summed E-state index contributed by atoms with van der Waals surface area (Å²) < 4.78 is 0.863. The van der Waals surface area contributed by atoms with Gasteiger partial charge in [0.05, 0.1) is 0 Å². The molecule has 0 unspecified atom stereocenters. The van der Waals surface area contributed by atoms with Crippen LogP contribution < -0.4 is 0 Å². The van der Waals surface area contributed by atoms with E-state index in [1.807, 2.05) is 31.2 Å². The molecule has 0 radical (unpaired) electrons. The molecule has 2 nitrogen and oxygen atoms in total. The molecule has 2 rings (SSSR count). The fourth-order valence-corrected chi connectivity index (χ4v) is 2.64. The molecule has 2 aromatic rings. The Morgan fingerprint density at radius 1 is 1.29 bits per heavy atom. The van der Waals surface area contributed by atoms with Gasteiger partial charge < -0.3 is 0 Å². The molecule has 0 fully saturated rings. The van der Waals surface area contributed by atoms with Crippen LogP contribution in [0.25, 0.3) is 11.4 Å². The highest BCUT2D eigenvalue weighted by molar-refractivity contribution is 9.10. The number of rotatable bonds is 2. The monoisotopic (exact) mass is 310 g/mol. The highest BCUT2D eigenvalue weighted by Crippen LogP contribution is 2.24. The van der Waals surface area contributed by atoms with Gasteiger partial charge in [0.25, 0.3) is 0 Å². The van der Waals surface area contributed by atoms with Crippen LogP contribution in [0.4, 0.5) is 0 Å². The first kappa shape index (κ1) is 12.5. The van der Waals surface area contributed by atoms with E-state index in [1.54, 1.807) is 0 Å². The minimum atomic E-state index is 0.694. The van der Waals surface area contributed by atoms with Crippen LogP contribution in [0, 0.1) is 6.92 Å². The number of halogens is 2. The summed E-state index contributed by atoms with van der Waals surface area (Å²) in [6, 6.07) is 7.57. The molecule has 0 aliphatic carbocycles. The van der Waals surface area contributed by atoms with Crippen LogP contribution in [0.2, 0.25) is 5.02 Å². The molecule has 0 saturated heterocycles. The largest absolute Gasteiger partial charge is 0.233 e. The van der Waals surface area contributed by atoms with Crippen LogP contribution >= 0.6 is 27.5 Å². The summed E-state index contributed by atoms with van der Waals surface area (Å²) in [5.41, 5.74) is 3.09. The Bertz CT molecular complexity index is 532. The van der Waals surface area contributed by atoms with Gasteiger partial charge in [-0.05, 0) is 41.4 Å². The molecule has 0 saturated carbocycles. The number of nitrogens with zero attached hydrogens (tertiary/aromatic N) is 2. The van der Waals surface area contributed by atoms with Crippen LogP contribution in [-0.2, 0) is 6.42 Å². The van der Waals surface area contributed by atoms with Crippen LogP contribution in [0.3, 0.4) is 0 Å². The van der Waals surface area contributed by atoms with E-state index in [2.05, 4.69) is 32.8 Å². The lowest BCUT2D eigenvalue weighted by molar-refractivity contribution is 0.981. The Labute approximate surface area is 114 Å². The fraction of sp³-hybridized carbons (Fsp3) is 0.231. The van der Waals surface area contributed by atoms with E-state index in [1.165, 1.54) is 0 Å². The molecule has 0 aliphatic rings. The molecule has 0 atom stereocenters. The summed E-state index contributed by atoms with van der Waals surface area (Å²) in [6.07, 6.45) is 0.919. The zero-order valence-corrected chi connectivity index (χ0v) is 12.0. The van der Waals surface area contributed by atoms with Crippen molar-refractivity contribution in [1.82, 2.24) is 9.97 Å². The van der Waals surface area contributed by atoms with E-state index >= 15 is 0 Å². The summed E-state index contributed by atoms with van der Waals surface area (Å²) >= 11 is 9.46. The Hall–Kier alpha value is -0.930. The van der Waals surface area contributed by atoms with Gasteiger partial charge in [-0.1, -0.05) is 30.7 Å². The number of aromatic nitrogens is 2. The second-order valence-electron chi connectivity index (χ2n) is 3.77. The average molecular weight is 312 g/mol. The van der Waals surface area contributed by atoms with Gasteiger partial charge in [0.1, 0.15) is 4.60 Å². The van der Waals surface area contributed by atoms with Crippen molar-refractivity contribution in [3.8, 4) is 11.4 Å². The Balaban J connectivity index is 2.54. The van der Waals surface area contributed by atoms with Crippen molar-refractivity contribution in [2.45, 2.75) is 20.3 Å². The molecule has 0 bridgehead atoms. The zero-order valence-electron chi connectivity index (χ0n) is 9.67. The maximum Gasteiger partial charge on any atom is 0.160 e. The first-order chi connectivity index (χ1) is 8.11. The van der Waals surface area contributed by atoms with Crippen molar-refractivity contribution in [3.63, 3.8) is 0 Å². The summed E-state index contributed by atoms with van der Waals surface area (Å²) in [5, 5.41) is 0.694. The zero-order chi connectivity index (χ0) is 12.4. The fourth-order valence-electron chi connectivity index (χ4n) is 1.72. The van der Waals surface area contributed by atoms with Crippen LogP contribution in [0.5, 0.6) is 0 Å². The van der Waals surface area contributed by atoms with Crippen molar-refractivity contribution in [2.24, 2.45) is 0 Å². The lowest BCUT2D eigenvalue weighted by atomic mass is 10.1. The maximum absolute atomic E-state index is 5.97. The number of hydrogen-bond donors (Lipinski definition) is 0. The summed E-state index contributed by atoms with van der Waals surface area (Å²) in [5.74, 6) is 0.703. The lowest BCUT2D eigenvalue weighted by Crippen LogP contribution is -1.99. The van der Waals surface area contributed by atoms with Crippen molar-refractivity contribution in [2.75, 3.05) is 0 Å². The second-order valence-corrected chi connectivity index (χ2v) is 4.95. The first-order valence-corrected chi connectivity index (χ1v) is 6.58. The number of aryl methyl sites for hydroxylation is 1. The van der Waals surface area contributed by atoms with Crippen molar-refractivity contribution >= 4 is 27.5 Å². The summed E-state index contributed by atoms with van der Waals surface area (Å²) in [7, 11) is 0. The average Bonchev–Trinajstić information content (AvgIpc) is 2.28. The predicted octanol–water partition coefficient (Wildman–Crippen LogP) is 4.43. The third-order valence-electron chi connectivity index (χ3n) is 2.60. The normalized spacial score (nSPS) is 10.6. The minimum absolute atomic E-state index is 0.694. The Morgan fingerprint density at radius 3 is 2.65 bits per heavy atom. The van der Waals surface area contributed by atoms with E-state index in [4.69, 9.17) is 11.6 Å². The van der Waals surface area contributed by atoms with Gasteiger partial charge >= 0.3 is 0 Å². The summed E-state index contributed by atoms with van der Waals surface area (Å²) in [6.45, 7) is 4.09. The van der Waals surface area contributed by atoms with Crippen LogP contribution in [0.15, 0.2) is 28.9 Å². The summed E-state index contributed by atoms with van der Waals surface area (Å²) in [4.78, 5) is 8.98. The van der Waals surface area contributed by atoms with Gasteiger partial charge in [0.2, 0.25) is 0 Å². The molecule has 0 amide bonds. The second kappa shape index (κ2) is 5.15. The highest BCUT2D eigenvalue weighted by Gasteiger charge is 2.09. The molecule has 4 heteroatoms. The third-order valence-corrected chi connectivity index (χ3v) is 3.49. The van der Waals surface area contributed by atoms with E-state index in [0.717, 1.165) is 27.8 Å². The molecule has 0 N–H and O–H groups in total. The molecular formula is C13H12BrClN2. The molecule has 17 heavy (non-hydrogen) atoms. The van der Waals surface area contributed by atoms with Crippen molar-refractivity contribution in [1.29, 1.82) is 0 Å². The molecule has 88 valence electrons. The van der Waals surface area contributed by atoms with E-state index in [-0.39, 0.29) is 0 Å². The molecule has 1 aromatic carbocycles. The highest BCUT2D eigenvalue weighted by atomic mass is 79.9. The van der Waals surface area contributed by atoms with Gasteiger partial charge in [0, 0.05) is 21.8 Å². The maximum atomic E-state index is 5.97. The molecule has 0 spiro atoms. The van der Waals surface area contributed by atoms with E-state index in [9.17, 15) is 0 Å². The van der Waals surface area contributed by atoms with Gasteiger partial charge in [-0.3, -0.25) is 0 Å². The molecular weight excluding hydrogens is 300 g/mol. The standard InChI is InChI=1S/C13H12BrClN2/c1-3-11-8(2)16-13(17-12(11)14)9-5-4-6-10(15)7-9/h4-7H,3H2,1-2H3. The Kier molecular flexibility index (Phi) is 3.79. The molecule has 0 aliphatic heterocycles. The first-order valence-electron chi connectivity index (χ1n) is 5.40. The SMILES string of the molecule is CCc1c(C)nc(-c2cccc(Cl)c2)nc1Br. The van der Waals surface area contributed by atoms with Crippen LogP contribution in [0.1, 0.15) is 18.2 Å². The van der Waals surface area contributed by atoms with Crippen LogP contribution in [-0.4, -0.2) is 9.97 Å². The molecule has 1 heterocycles. The van der Waals surface area contributed by atoms with Gasteiger partial charge in [-0.25, -0.2) is 9.97 Å². The smallest absolute Gasteiger partial charge is 0.160 e. The van der Waals surface area contributed by atoms with Gasteiger partial charge in [-0.15, -0.1) is 0 Å². The van der Waals surface area contributed by atoms with Crippen molar-refractivity contribution < 1.29 is 0 Å². The van der Waals surface area contributed by atoms with Gasteiger partial charge in [0.15, 0.2) is 5.82 Å². The third kappa shape index (κ3) is 2.67. The minimum Gasteiger partial charge on any atom is -0.233 e. The quantitative estimate of drug-likeness (QED) is 0.767. The lowest BCUT2D eigenvalue weighted by Gasteiger charge is -2.08. The number of benzene rings is 1. The van der Waals surface area contributed by atoms with E-state index < -0.39 is 0 Å². The van der Waals surface area contributed by atoms with Gasteiger partial charge in [-0.2, -0.15) is 0 Å². The number of hydrogen-bond acceptors (Lipinski definition) is 2. The Morgan fingerprint density at radius 2 is 2.06 bits per heavy atom.